The summed E-state index contributed by atoms with van der Waals surface area (Å²) < 4.78 is 0. The molecule has 1 aromatic rings. The SMILES string of the molecule is CC(C)(OO)c1ccccc1.Cl. The average Bonchev–Trinajstić information content (AvgIpc) is 2.06. The fraction of sp³-hybridized carbons (Fsp3) is 0.333. The van der Waals surface area contributed by atoms with Gasteiger partial charge in [-0.1, -0.05) is 30.3 Å². The molecule has 1 N–H and O–H groups in total. The Labute approximate surface area is 78.5 Å². The Balaban J connectivity index is 0.00000121. The fourth-order valence-corrected chi connectivity index (χ4v) is 0.892. The summed E-state index contributed by atoms with van der Waals surface area (Å²) in [7, 11) is 0. The molecule has 0 aromatic heterocycles. The molecule has 2 nitrogen and oxygen atoms in total. The van der Waals surface area contributed by atoms with Crippen LogP contribution in [0.5, 0.6) is 0 Å². The summed E-state index contributed by atoms with van der Waals surface area (Å²) in [4.78, 5) is 4.32. The van der Waals surface area contributed by atoms with Crippen molar-refractivity contribution in [2.75, 3.05) is 0 Å². The van der Waals surface area contributed by atoms with Crippen LogP contribution in [0.1, 0.15) is 19.4 Å². The molecule has 0 aliphatic heterocycles. The van der Waals surface area contributed by atoms with Crippen LogP contribution in [0.25, 0.3) is 0 Å². The molecule has 1 aromatic carbocycles. The molecular formula is C9H13ClO2. The molecule has 0 saturated heterocycles. The van der Waals surface area contributed by atoms with Crippen molar-refractivity contribution in [1.82, 2.24) is 0 Å². The van der Waals surface area contributed by atoms with Gasteiger partial charge in [0.1, 0.15) is 5.60 Å². The van der Waals surface area contributed by atoms with Gasteiger partial charge in [0, 0.05) is 0 Å². The third kappa shape index (κ3) is 2.48. The van der Waals surface area contributed by atoms with E-state index >= 15 is 0 Å². The van der Waals surface area contributed by atoms with Crippen LogP contribution in [-0.4, -0.2) is 5.26 Å². The molecule has 3 heteroatoms. The van der Waals surface area contributed by atoms with Crippen molar-refractivity contribution in [1.29, 1.82) is 0 Å². The Kier molecular flexibility index (Phi) is 4.24. The zero-order valence-electron chi connectivity index (χ0n) is 7.15. The molecule has 0 aliphatic rings. The van der Waals surface area contributed by atoms with E-state index in [1.165, 1.54) is 0 Å². The number of hydrogen-bond acceptors (Lipinski definition) is 2. The quantitative estimate of drug-likeness (QED) is 0.571. The van der Waals surface area contributed by atoms with Gasteiger partial charge in [0.2, 0.25) is 0 Å². The summed E-state index contributed by atoms with van der Waals surface area (Å²) in [6.45, 7) is 3.62. The first kappa shape index (κ1) is 11.4. The molecular weight excluding hydrogens is 176 g/mol. The summed E-state index contributed by atoms with van der Waals surface area (Å²) in [5.74, 6) is 0. The van der Waals surface area contributed by atoms with Crippen LogP contribution < -0.4 is 0 Å². The predicted octanol–water partition coefficient (Wildman–Crippen LogP) is 2.83. The molecule has 0 saturated carbocycles. The first-order chi connectivity index (χ1) is 5.17. The maximum absolute atomic E-state index is 8.55. The van der Waals surface area contributed by atoms with E-state index in [9.17, 15) is 0 Å². The lowest BCUT2D eigenvalue weighted by Crippen LogP contribution is -2.19. The van der Waals surface area contributed by atoms with Gasteiger partial charge in [-0.2, -0.15) is 0 Å². The molecule has 0 spiro atoms. The molecule has 0 fully saturated rings. The highest BCUT2D eigenvalue weighted by Crippen LogP contribution is 2.22. The van der Waals surface area contributed by atoms with E-state index in [1.807, 2.05) is 44.2 Å². The Morgan fingerprint density at radius 3 is 2.08 bits per heavy atom. The van der Waals surface area contributed by atoms with Gasteiger partial charge >= 0.3 is 0 Å². The lowest BCUT2D eigenvalue weighted by atomic mass is 9.99. The van der Waals surface area contributed by atoms with E-state index < -0.39 is 5.60 Å². The van der Waals surface area contributed by atoms with Crippen LogP contribution in [-0.2, 0) is 10.5 Å². The maximum atomic E-state index is 8.55. The summed E-state index contributed by atoms with van der Waals surface area (Å²) in [5.41, 5.74) is 0.351. The standard InChI is InChI=1S/C9H12O2.ClH/c1-9(2,11-10)8-6-4-3-5-7-8;/h3-7,10H,1-2H3;1H. The van der Waals surface area contributed by atoms with Crippen LogP contribution in [0, 0.1) is 0 Å². The molecule has 0 heterocycles. The van der Waals surface area contributed by atoms with Crippen molar-refractivity contribution in [3.8, 4) is 0 Å². The van der Waals surface area contributed by atoms with Gasteiger partial charge in [-0.05, 0) is 19.4 Å². The minimum Gasteiger partial charge on any atom is -0.251 e. The van der Waals surface area contributed by atoms with Crippen LogP contribution in [0.4, 0.5) is 0 Å². The van der Waals surface area contributed by atoms with Gasteiger partial charge in [0.25, 0.3) is 0 Å². The van der Waals surface area contributed by atoms with Crippen molar-refractivity contribution in [3.63, 3.8) is 0 Å². The minimum absolute atomic E-state index is 0. The van der Waals surface area contributed by atoms with Gasteiger partial charge in [-0.15, -0.1) is 12.4 Å². The highest BCUT2D eigenvalue weighted by Gasteiger charge is 2.20. The van der Waals surface area contributed by atoms with Gasteiger partial charge in [-0.25, -0.2) is 4.89 Å². The smallest absolute Gasteiger partial charge is 0.123 e. The molecule has 12 heavy (non-hydrogen) atoms. The Bertz CT molecular complexity index is 221. The lowest BCUT2D eigenvalue weighted by molar-refractivity contribution is -0.318. The number of rotatable bonds is 2. The zero-order valence-corrected chi connectivity index (χ0v) is 7.97. The van der Waals surface area contributed by atoms with Crippen LogP contribution in [0.15, 0.2) is 30.3 Å². The first-order valence-corrected chi connectivity index (χ1v) is 3.55. The van der Waals surface area contributed by atoms with Crippen LogP contribution >= 0.6 is 12.4 Å². The van der Waals surface area contributed by atoms with E-state index in [2.05, 4.69) is 4.89 Å². The number of hydrogen-bond donors (Lipinski definition) is 1. The number of halogens is 1. The van der Waals surface area contributed by atoms with Crippen molar-refractivity contribution < 1.29 is 10.1 Å². The lowest BCUT2D eigenvalue weighted by Gasteiger charge is -2.20. The summed E-state index contributed by atoms with van der Waals surface area (Å²) in [6, 6.07) is 9.58. The molecule has 0 radical (unpaired) electrons. The Morgan fingerprint density at radius 1 is 1.17 bits per heavy atom. The highest BCUT2D eigenvalue weighted by molar-refractivity contribution is 5.85. The molecule has 0 atom stereocenters. The number of benzene rings is 1. The van der Waals surface area contributed by atoms with Gasteiger partial charge in [0.15, 0.2) is 0 Å². The molecule has 1 rings (SSSR count). The summed E-state index contributed by atoms with van der Waals surface area (Å²) >= 11 is 0. The highest BCUT2D eigenvalue weighted by atomic mass is 35.5. The monoisotopic (exact) mass is 188 g/mol. The second-order valence-corrected chi connectivity index (χ2v) is 2.97. The van der Waals surface area contributed by atoms with Crippen molar-refractivity contribution >= 4 is 12.4 Å². The second kappa shape index (κ2) is 4.45. The van der Waals surface area contributed by atoms with Crippen LogP contribution in [0.3, 0.4) is 0 Å². The van der Waals surface area contributed by atoms with E-state index in [0.29, 0.717) is 0 Å². The molecule has 0 amide bonds. The maximum Gasteiger partial charge on any atom is 0.123 e. The molecule has 0 aliphatic carbocycles. The minimum atomic E-state index is -0.610. The van der Waals surface area contributed by atoms with Crippen molar-refractivity contribution in [3.05, 3.63) is 35.9 Å². The van der Waals surface area contributed by atoms with E-state index in [4.69, 9.17) is 5.26 Å². The fourth-order valence-electron chi connectivity index (χ4n) is 0.892. The molecule has 0 unspecified atom stereocenters. The van der Waals surface area contributed by atoms with Crippen molar-refractivity contribution in [2.24, 2.45) is 0 Å². The zero-order chi connectivity index (χ0) is 8.32. The summed E-state index contributed by atoms with van der Waals surface area (Å²) in [6.07, 6.45) is 0. The second-order valence-electron chi connectivity index (χ2n) is 2.97. The van der Waals surface area contributed by atoms with Gasteiger partial charge < -0.3 is 0 Å². The van der Waals surface area contributed by atoms with E-state index in [0.717, 1.165) is 5.56 Å². The average molecular weight is 189 g/mol. The Morgan fingerprint density at radius 2 is 1.67 bits per heavy atom. The topological polar surface area (TPSA) is 29.5 Å². The normalized spacial score (nSPS) is 10.6. The molecule has 0 bridgehead atoms. The Hall–Kier alpha value is -0.570. The third-order valence-corrected chi connectivity index (χ3v) is 1.70. The predicted molar refractivity (Wildman–Crippen MR) is 50.4 cm³/mol. The third-order valence-electron chi connectivity index (χ3n) is 1.70. The first-order valence-electron chi connectivity index (χ1n) is 3.55. The van der Waals surface area contributed by atoms with Crippen LogP contribution in [0.2, 0.25) is 0 Å². The largest absolute Gasteiger partial charge is 0.251 e. The molecule has 68 valence electrons. The van der Waals surface area contributed by atoms with Gasteiger partial charge in [-0.3, -0.25) is 5.26 Å². The van der Waals surface area contributed by atoms with Crippen molar-refractivity contribution in [2.45, 2.75) is 19.4 Å². The van der Waals surface area contributed by atoms with E-state index in [1.54, 1.807) is 0 Å². The van der Waals surface area contributed by atoms with E-state index in [-0.39, 0.29) is 12.4 Å². The summed E-state index contributed by atoms with van der Waals surface area (Å²) in [5, 5.41) is 8.55. The van der Waals surface area contributed by atoms with Gasteiger partial charge in [0.05, 0.1) is 0 Å².